The van der Waals surface area contributed by atoms with Gasteiger partial charge in [-0.2, -0.15) is 0 Å². The zero-order valence-corrected chi connectivity index (χ0v) is 16.5. The van der Waals surface area contributed by atoms with Gasteiger partial charge in [0.15, 0.2) is 11.5 Å². The van der Waals surface area contributed by atoms with Crippen LogP contribution in [-0.2, 0) is 10.0 Å². The van der Waals surface area contributed by atoms with Crippen molar-refractivity contribution in [1.82, 2.24) is 4.90 Å². The van der Waals surface area contributed by atoms with Gasteiger partial charge in [0.25, 0.3) is 15.9 Å². The summed E-state index contributed by atoms with van der Waals surface area (Å²) < 4.78 is 38.4. The molecule has 8 nitrogen and oxygen atoms in total. The number of nitrogens with two attached hydrogens (primary N) is 1. The highest BCUT2D eigenvalue weighted by molar-refractivity contribution is 7.92. The quantitative estimate of drug-likeness (QED) is 0.772. The van der Waals surface area contributed by atoms with Crippen molar-refractivity contribution in [2.75, 3.05) is 24.6 Å². The zero-order chi connectivity index (χ0) is 19.0. The van der Waals surface area contributed by atoms with Gasteiger partial charge in [-0.05, 0) is 36.8 Å². The van der Waals surface area contributed by atoms with Crippen molar-refractivity contribution in [3.05, 3.63) is 48.0 Å². The molecule has 1 atom stereocenters. The van der Waals surface area contributed by atoms with Crippen molar-refractivity contribution in [1.29, 1.82) is 0 Å². The predicted octanol–water partition coefficient (Wildman–Crippen LogP) is 1.81. The highest BCUT2D eigenvalue weighted by Gasteiger charge is 2.26. The average molecular weight is 426 g/mol. The second-order valence-electron chi connectivity index (χ2n) is 6.50. The third-order valence-corrected chi connectivity index (χ3v) is 5.91. The normalized spacial score (nSPS) is 17.9. The molecule has 0 aromatic heterocycles. The third kappa shape index (κ3) is 4.01. The fraction of sp³-hybridized carbons (Fsp3) is 0.278. The lowest BCUT2D eigenvalue weighted by atomic mass is 10.2. The number of hydrogen-bond donors (Lipinski definition) is 2. The van der Waals surface area contributed by atoms with E-state index < -0.39 is 10.0 Å². The van der Waals surface area contributed by atoms with E-state index in [0.29, 0.717) is 35.8 Å². The molecule has 0 bridgehead atoms. The standard InChI is InChI=1S/C18H19N3O5S.ClH/c19-13-6-7-21(10-13)18(22)12-2-1-3-15(8-12)27(23,24)20-14-4-5-16-17(9-14)26-11-25-16;/h1-5,8-9,13,20H,6-7,10-11,19H2;1H/t13-;/m1./s1. The van der Waals surface area contributed by atoms with Gasteiger partial charge < -0.3 is 20.1 Å². The SMILES string of the molecule is Cl.N[C@@H]1CCN(C(=O)c2cccc(S(=O)(=O)Nc3ccc4c(c3)OCO4)c2)C1. The summed E-state index contributed by atoms with van der Waals surface area (Å²) in [4.78, 5) is 14.2. The van der Waals surface area contributed by atoms with E-state index in [0.717, 1.165) is 6.42 Å². The summed E-state index contributed by atoms with van der Waals surface area (Å²) in [5.41, 5.74) is 6.51. The Morgan fingerprint density at radius 3 is 2.68 bits per heavy atom. The van der Waals surface area contributed by atoms with Gasteiger partial charge in [0.2, 0.25) is 6.79 Å². The first-order chi connectivity index (χ1) is 12.9. The molecule has 4 rings (SSSR count). The first-order valence-corrected chi connectivity index (χ1v) is 9.98. The number of nitrogens with one attached hydrogen (secondary N) is 1. The second-order valence-corrected chi connectivity index (χ2v) is 8.18. The van der Waals surface area contributed by atoms with Crippen molar-refractivity contribution in [3.8, 4) is 11.5 Å². The Hall–Kier alpha value is -2.49. The number of benzene rings is 2. The number of carbonyl (C=O) groups excluding carboxylic acids is 1. The molecule has 0 spiro atoms. The first kappa shape index (κ1) is 20.2. The molecule has 2 aromatic carbocycles. The number of carbonyl (C=O) groups is 1. The van der Waals surface area contributed by atoms with Gasteiger partial charge in [-0.15, -0.1) is 12.4 Å². The van der Waals surface area contributed by atoms with Gasteiger partial charge in [-0.25, -0.2) is 8.42 Å². The molecule has 2 aliphatic heterocycles. The van der Waals surface area contributed by atoms with Gasteiger partial charge in [0, 0.05) is 30.8 Å². The van der Waals surface area contributed by atoms with Crippen LogP contribution in [-0.4, -0.2) is 45.1 Å². The van der Waals surface area contributed by atoms with Crippen LogP contribution in [0.15, 0.2) is 47.4 Å². The maximum atomic E-state index is 12.7. The Bertz CT molecular complexity index is 998. The topological polar surface area (TPSA) is 111 Å². The van der Waals surface area contributed by atoms with Gasteiger partial charge >= 0.3 is 0 Å². The Morgan fingerprint density at radius 2 is 1.93 bits per heavy atom. The fourth-order valence-electron chi connectivity index (χ4n) is 3.12. The first-order valence-electron chi connectivity index (χ1n) is 8.50. The second kappa shape index (κ2) is 7.86. The third-order valence-electron chi connectivity index (χ3n) is 4.53. The van der Waals surface area contributed by atoms with E-state index in [1.165, 1.54) is 12.1 Å². The molecule has 0 saturated carbocycles. The van der Waals surface area contributed by atoms with E-state index in [1.54, 1.807) is 35.2 Å². The minimum absolute atomic E-state index is 0. The van der Waals surface area contributed by atoms with Crippen LogP contribution in [0.2, 0.25) is 0 Å². The van der Waals surface area contributed by atoms with Crippen LogP contribution in [0, 0.1) is 0 Å². The lowest BCUT2D eigenvalue weighted by Crippen LogP contribution is -2.32. The smallest absolute Gasteiger partial charge is 0.261 e. The molecule has 28 heavy (non-hydrogen) atoms. The van der Waals surface area contributed by atoms with Crippen LogP contribution in [0.1, 0.15) is 16.8 Å². The van der Waals surface area contributed by atoms with Crippen LogP contribution in [0.5, 0.6) is 11.5 Å². The van der Waals surface area contributed by atoms with E-state index in [4.69, 9.17) is 15.2 Å². The molecule has 1 amide bonds. The summed E-state index contributed by atoms with van der Waals surface area (Å²) in [6, 6.07) is 10.7. The van der Waals surface area contributed by atoms with Crippen LogP contribution in [0.4, 0.5) is 5.69 Å². The Balaban J connectivity index is 0.00000225. The predicted molar refractivity (Wildman–Crippen MR) is 106 cm³/mol. The van der Waals surface area contributed by atoms with Gasteiger partial charge in [0.1, 0.15) is 0 Å². The molecule has 2 aliphatic rings. The maximum absolute atomic E-state index is 12.7. The van der Waals surface area contributed by atoms with Crippen molar-refractivity contribution in [3.63, 3.8) is 0 Å². The number of halogens is 1. The van der Waals surface area contributed by atoms with E-state index in [9.17, 15) is 13.2 Å². The number of anilines is 1. The molecule has 1 saturated heterocycles. The van der Waals surface area contributed by atoms with Gasteiger partial charge in [0.05, 0.1) is 10.6 Å². The van der Waals surface area contributed by atoms with E-state index in [2.05, 4.69) is 4.72 Å². The Morgan fingerprint density at radius 1 is 1.14 bits per heavy atom. The van der Waals surface area contributed by atoms with Crippen LogP contribution in [0.3, 0.4) is 0 Å². The van der Waals surface area contributed by atoms with Crippen molar-refractivity contribution in [2.45, 2.75) is 17.4 Å². The molecule has 0 radical (unpaired) electrons. The van der Waals surface area contributed by atoms with Crippen molar-refractivity contribution < 1.29 is 22.7 Å². The molecular formula is C18H20ClN3O5S. The highest BCUT2D eigenvalue weighted by atomic mass is 35.5. The minimum atomic E-state index is -3.86. The number of amides is 1. The van der Waals surface area contributed by atoms with Gasteiger partial charge in [-0.3, -0.25) is 9.52 Å². The summed E-state index contributed by atoms with van der Waals surface area (Å²) >= 11 is 0. The molecule has 0 unspecified atom stereocenters. The van der Waals surface area contributed by atoms with Crippen molar-refractivity contribution >= 4 is 34.0 Å². The number of likely N-dealkylation sites (tertiary alicyclic amines) is 1. The Labute approximate surface area is 169 Å². The van der Waals surface area contributed by atoms with Crippen LogP contribution >= 0.6 is 12.4 Å². The largest absolute Gasteiger partial charge is 0.454 e. The van der Waals surface area contributed by atoms with Crippen LogP contribution in [0.25, 0.3) is 0 Å². The van der Waals surface area contributed by atoms with Crippen LogP contribution < -0.4 is 19.9 Å². The monoisotopic (exact) mass is 425 g/mol. The molecule has 2 aromatic rings. The number of sulfonamides is 1. The molecule has 10 heteroatoms. The average Bonchev–Trinajstić information content (AvgIpc) is 3.29. The summed E-state index contributed by atoms with van der Waals surface area (Å²) in [5, 5.41) is 0. The molecule has 2 heterocycles. The van der Waals surface area contributed by atoms with Crippen molar-refractivity contribution in [2.24, 2.45) is 5.73 Å². The van der Waals surface area contributed by atoms with E-state index in [-0.39, 0.29) is 36.0 Å². The Kier molecular flexibility index (Phi) is 5.69. The molecular weight excluding hydrogens is 406 g/mol. The van der Waals surface area contributed by atoms with E-state index >= 15 is 0 Å². The summed E-state index contributed by atoms with van der Waals surface area (Å²) in [5.74, 6) is 0.821. The van der Waals surface area contributed by atoms with Gasteiger partial charge in [-0.1, -0.05) is 6.07 Å². The highest BCUT2D eigenvalue weighted by Crippen LogP contribution is 2.34. The molecule has 150 valence electrons. The number of nitrogens with zero attached hydrogens (tertiary/aromatic N) is 1. The minimum Gasteiger partial charge on any atom is -0.454 e. The zero-order valence-electron chi connectivity index (χ0n) is 14.8. The summed E-state index contributed by atoms with van der Waals surface area (Å²) in [6.45, 7) is 1.16. The molecule has 0 aliphatic carbocycles. The summed E-state index contributed by atoms with van der Waals surface area (Å²) in [7, 11) is -3.86. The number of fused-ring (bicyclic) bond motifs is 1. The maximum Gasteiger partial charge on any atom is 0.261 e. The van der Waals surface area contributed by atoms with E-state index in [1.807, 2.05) is 0 Å². The number of ether oxygens (including phenoxy) is 2. The lowest BCUT2D eigenvalue weighted by molar-refractivity contribution is 0.0790. The molecule has 1 fully saturated rings. The number of rotatable bonds is 4. The summed E-state index contributed by atoms with van der Waals surface area (Å²) in [6.07, 6.45) is 0.745. The lowest BCUT2D eigenvalue weighted by Gasteiger charge is -2.16. The fourth-order valence-corrected chi connectivity index (χ4v) is 4.22. The number of hydrogen-bond acceptors (Lipinski definition) is 6. The molecule has 3 N–H and O–H groups in total.